The van der Waals surface area contributed by atoms with E-state index in [2.05, 4.69) is 13.8 Å². The van der Waals surface area contributed by atoms with E-state index in [0.717, 1.165) is 11.8 Å². The summed E-state index contributed by atoms with van der Waals surface area (Å²) in [6.07, 6.45) is 6.78. The summed E-state index contributed by atoms with van der Waals surface area (Å²) in [6.45, 7) is 5.80. The van der Waals surface area contributed by atoms with E-state index in [0.29, 0.717) is 6.10 Å². The fraction of sp³-hybridized carbons (Fsp3) is 0.923. The van der Waals surface area contributed by atoms with Crippen molar-refractivity contribution in [1.29, 1.82) is 0 Å². The van der Waals surface area contributed by atoms with Crippen LogP contribution in [0.2, 0.25) is 0 Å². The van der Waals surface area contributed by atoms with Gasteiger partial charge in [0.25, 0.3) is 0 Å². The summed E-state index contributed by atoms with van der Waals surface area (Å²) in [5.74, 6) is 1.36. The molecule has 0 aromatic heterocycles. The third kappa shape index (κ3) is 4.12. The molecule has 0 saturated heterocycles. The van der Waals surface area contributed by atoms with Gasteiger partial charge >= 0.3 is 5.97 Å². The van der Waals surface area contributed by atoms with Crippen LogP contribution < -0.4 is 0 Å². The number of fused-ring (bicyclic) bond motifs is 2. The molecule has 0 aliphatic heterocycles. The van der Waals surface area contributed by atoms with Gasteiger partial charge in [-0.05, 0) is 37.5 Å². The van der Waals surface area contributed by atoms with Crippen LogP contribution >= 0.6 is 0 Å². The number of hydrogen-bond acceptors (Lipinski definition) is 3. The summed E-state index contributed by atoms with van der Waals surface area (Å²) in [6, 6.07) is 0. The Bertz CT molecular complexity index is 215. The molecule has 0 spiro atoms. The maximum Gasteiger partial charge on any atom is 0.304 e. The van der Waals surface area contributed by atoms with Crippen LogP contribution in [0.5, 0.6) is 0 Å². The maximum absolute atomic E-state index is 10.5. The highest BCUT2D eigenvalue weighted by molar-refractivity contribution is 5.65. The summed E-state index contributed by atoms with van der Waals surface area (Å²) >= 11 is 0. The molecule has 0 aromatic carbocycles. The van der Waals surface area contributed by atoms with Crippen molar-refractivity contribution in [2.75, 3.05) is 6.79 Å². The highest BCUT2D eigenvalue weighted by atomic mass is 16.7. The van der Waals surface area contributed by atoms with Crippen LogP contribution in [-0.2, 0) is 14.3 Å². The van der Waals surface area contributed by atoms with Crippen LogP contribution in [0, 0.1) is 11.8 Å². The van der Waals surface area contributed by atoms with Crippen molar-refractivity contribution in [2.45, 2.75) is 59.0 Å². The standard InChI is InChI=1S/C10H16O3.C3H8/c1-7(11)12-6-13-10-5-8-2-3-9(10)4-8;1-3-2/h8-10H,2-6H2,1H3;3H2,1-2H3. The fourth-order valence-corrected chi connectivity index (χ4v) is 2.59. The minimum Gasteiger partial charge on any atom is -0.439 e. The molecule has 3 atom stereocenters. The van der Waals surface area contributed by atoms with E-state index in [1.807, 2.05) is 0 Å². The lowest BCUT2D eigenvalue weighted by Gasteiger charge is -2.21. The molecule has 2 bridgehead atoms. The number of rotatable bonds is 3. The molecule has 0 amide bonds. The van der Waals surface area contributed by atoms with E-state index in [-0.39, 0.29) is 12.8 Å². The summed E-state index contributed by atoms with van der Waals surface area (Å²) in [4.78, 5) is 10.5. The van der Waals surface area contributed by atoms with Gasteiger partial charge in [0.05, 0.1) is 6.10 Å². The third-order valence-corrected chi connectivity index (χ3v) is 3.22. The Labute approximate surface area is 98.5 Å². The molecule has 3 heteroatoms. The largest absolute Gasteiger partial charge is 0.439 e. The normalized spacial score (nSPS) is 30.8. The highest BCUT2D eigenvalue weighted by Gasteiger charge is 2.40. The Kier molecular flexibility index (Phi) is 5.81. The van der Waals surface area contributed by atoms with Crippen molar-refractivity contribution in [1.82, 2.24) is 0 Å². The third-order valence-electron chi connectivity index (χ3n) is 3.22. The summed E-state index contributed by atoms with van der Waals surface area (Å²) < 4.78 is 10.3. The van der Waals surface area contributed by atoms with Gasteiger partial charge in [-0.1, -0.05) is 20.3 Å². The van der Waals surface area contributed by atoms with E-state index >= 15 is 0 Å². The molecule has 0 heterocycles. The van der Waals surface area contributed by atoms with Gasteiger partial charge in [-0.3, -0.25) is 4.79 Å². The van der Waals surface area contributed by atoms with Gasteiger partial charge in [0.1, 0.15) is 0 Å². The minimum atomic E-state index is -0.261. The van der Waals surface area contributed by atoms with Gasteiger partial charge in [-0.15, -0.1) is 0 Å². The average Bonchev–Trinajstić information content (AvgIpc) is 2.79. The van der Waals surface area contributed by atoms with Crippen molar-refractivity contribution < 1.29 is 14.3 Å². The highest BCUT2D eigenvalue weighted by Crippen LogP contribution is 2.45. The van der Waals surface area contributed by atoms with Gasteiger partial charge in [-0.25, -0.2) is 0 Å². The molecule has 0 radical (unpaired) electrons. The zero-order chi connectivity index (χ0) is 12.0. The lowest BCUT2D eigenvalue weighted by Crippen LogP contribution is -2.22. The minimum absolute atomic E-state index is 0.142. The second-order valence-electron chi connectivity index (χ2n) is 4.84. The Morgan fingerprint density at radius 1 is 1.25 bits per heavy atom. The predicted octanol–water partition coefficient (Wildman–Crippen LogP) is 3.13. The Morgan fingerprint density at radius 3 is 2.38 bits per heavy atom. The van der Waals surface area contributed by atoms with Crippen LogP contribution in [0.1, 0.15) is 52.9 Å². The molecule has 94 valence electrons. The molecule has 2 fully saturated rings. The second kappa shape index (κ2) is 6.89. The summed E-state index contributed by atoms with van der Waals surface area (Å²) in [5, 5.41) is 0. The molecule has 2 aliphatic carbocycles. The smallest absolute Gasteiger partial charge is 0.304 e. The number of esters is 1. The van der Waals surface area contributed by atoms with Gasteiger partial charge in [0.15, 0.2) is 6.79 Å². The van der Waals surface area contributed by atoms with Crippen molar-refractivity contribution in [3.63, 3.8) is 0 Å². The quantitative estimate of drug-likeness (QED) is 0.550. The molecular formula is C13H24O3. The van der Waals surface area contributed by atoms with Gasteiger partial charge in [0.2, 0.25) is 0 Å². The van der Waals surface area contributed by atoms with Crippen LogP contribution in [0.4, 0.5) is 0 Å². The summed E-state index contributed by atoms with van der Waals surface area (Å²) in [5.41, 5.74) is 0. The molecule has 16 heavy (non-hydrogen) atoms. The maximum atomic E-state index is 10.5. The van der Waals surface area contributed by atoms with Crippen molar-refractivity contribution >= 4 is 5.97 Å². The van der Waals surface area contributed by atoms with E-state index in [1.165, 1.54) is 39.0 Å². The number of carbonyl (C=O) groups excluding carboxylic acids is 1. The van der Waals surface area contributed by atoms with Crippen molar-refractivity contribution in [3.05, 3.63) is 0 Å². The number of hydrogen-bond donors (Lipinski definition) is 0. The van der Waals surface area contributed by atoms with E-state index in [4.69, 9.17) is 9.47 Å². The summed E-state index contributed by atoms with van der Waals surface area (Å²) in [7, 11) is 0. The SMILES string of the molecule is CC(=O)OCOC1CC2CCC1C2.CCC. The zero-order valence-corrected chi connectivity index (χ0v) is 10.7. The van der Waals surface area contributed by atoms with Crippen molar-refractivity contribution in [2.24, 2.45) is 11.8 Å². The first kappa shape index (κ1) is 13.5. The topological polar surface area (TPSA) is 35.5 Å². The number of carbonyl (C=O) groups is 1. The molecule has 2 aliphatic rings. The van der Waals surface area contributed by atoms with Crippen LogP contribution in [-0.4, -0.2) is 18.9 Å². The lowest BCUT2D eigenvalue weighted by atomic mass is 9.98. The first-order valence-corrected chi connectivity index (χ1v) is 6.42. The van der Waals surface area contributed by atoms with Gasteiger partial charge < -0.3 is 9.47 Å². The Balaban J connectivity index is 0.000000386. The molecule has 0 N–H and O–H groups in total. The fourth-order valence-electron chi connectivity index (χ4n) is 2.59. The van der Waals surface area contributed by atoms with Crippen LogP contribution in [0.25, 0.3) is 0 Å². The second-order valence-corrected chi connectivity index (χ2v) is 4.84. The monoisotopic (exact) mass is 228 g/mol. The van der Waals surface area contributed by atoms with E-state index in [9.17, 15) is 4.79 Å². The zero-order valence-electron chi connectivity index (χ0n) is 10.7. The molecule has 3 unspecified atom stereocenters. The first-order chi connectivity index (χ1) is 7.67. The van der Waals surface area contributed by atoms with Gasteiger partial charge in [-0.2, -0.15) is 0 Å². The number of ether oxygens (including phenoxy) is 2. The Hall–Kier alpha value is -0.570. The molecule has 0 aromatic rings. The van der Waals surface area contributed by atoms with Gasteiger partial charge in [0, 0.05) is 6.92 Å². The van der Waals surface area contributed by atoms with Crippen LogP contribution in [0.15, 0.2) is 0 Å². The molecule has 3 nitrogen and oxygen atoms in total. The molecule has 2 saturated carbocycles. The van der Waals surface area contributed by atoms with E-state index < -0.39 is 0 Å². The predicted molar refractivity (Wildman–Crippen MR) is 62.9 cm³/mol. The average molecular weight is 228 g/mol. The lowest BCUT2D eigenvalue weighted by molar-refractivity contribution is -0.160. The molecular weight excluding hydrogens is 204 g/mol. The van der Waals surface area contributed by atoms with E-state index in [1.54, 1.807) is 0 Å². The Morgan fingerprint density at radius 2 is 1.94 bits per heavy atom. The molecule has 2 rings (SSSR count). The first-order valence-electron chi connectivity index (χ1n) is 6.42. The van der Waals surface area contributed by atoms with Crippen LogP contribution in [0.3, 0.4) is 0 Å². The van der Waals surface area contributed by atoms with Crippen molar-refractivity contribution in [3.8, 4) is 0 Å².